The molecular weight excluding hydrogens is 548 g/mol. The average molecular weight is 585 g/mol. The molecule has 16 nitrogen and oxygen atoms in total. The number of aliphatic imine (C=N–C) groups is 2. The van der Waals surface area contributed by atoms with E-state index in [1.807, 2.05) is 0 Å². The number of nitrogens with one attached hydrogen (secondary N) is 1. The van der Waals surface area contributed by atoms with E-state index >= 15 is 0 Å². The number of amides is 3. The van der Waals surface area contributed by atoms with Gasteiger partial charge in [-0.1, -0.05) is 30.3 Å². The van der Waals surface area contributed by atoms with Crippen molar-refractivity contribution in [1.29, 1.82) is 0 Å². The van der Waals surface area contributed by atoms with Crippen LogP contribution in [0.25, 0.3) is 0 Å². The predicted molar refractivity (Wildman–Crippen MR) is 157 cm³/mol. The monoisotopic (exact) mass is 584 g/mol. The van der Waals surface area contributed by atoms with Crippen LogP contribution < -0.4 is 34.0 Å². The summed E-state index contributed by atoms with van der Waals surface area (Å²) in [5, 5.41) is 13.6. The molecule has 0 fully saturated rings. The van der Waals surface area contributed by atoms with Crippen molar-refractivity contribution in [3.8, 4) is 0 Å². The molecule has 0 aliphatic rings. The van der Waals surface area contributed by atoms with Crippen LogP contribution in [0.5, 0.6) is 0 Å². The van der Waals surface area contributed by atoms with E-state index in [1.54, 1.807) is 30.3 Å². The van der Waals surface area contributed by atoms with Gasteiger partial charge in [0.15, 0.2) is 11.9 Å². The van der Waals surface area contributed by atoms with Crippen LogP contribution >= 0.6 is 0 Å². The van der Waals surface area contributed by atoms with Gasteiger partial charge < -0.3 is 38.7 Å². The fraction of sp³-hybridized carbons (Fsp3) is 0.346. The Morgan fingerprint density at radius 1 is 0.905 bits per heavy atom. The fourth-order valence-corrected chi connectivity index (χ4v) is 3.74. The SMILES string of the molecule is NC(N)=NCCC[C@H](N)C(=O)N(C(=O)OCc1ccccc1)[C@@H](CCCN=C(N)N)C(=O)Nc1ccc([N+](=O)[O-])cc1. The second-order valence-electron chi connectivity index (χ2n) is 9.06. The number of anilines is 1. The third kappa shape index (κ3) is 11.1. The van der Waals surface area contributed by atoms with Crippen LogP contribution in [0.2, 0.25) is 0 Å². The van der Waals surface area contributed by atoms with E-state index in [1.165, 1.54) is 24.3 Å². The minimum absolute atomic E-state index is 0.0531. The zero-order chi connectivity index (χ0) is 31.1. The van der Waals surface area contributed by atoms with Crippen molar-refractivity contribution >= 4 is 41.2 Å². The largest absolute Gasteiger partial charge is 0.444 e. The highest BCUT2D eigenvalue weighted by Crippen LogP contribution is 2.19. The number of guanidine groups is 2. The minimum atomic E-state index is -1.39. The third-order valence-electron chi connectivity index (χ3n) is 5.81. The number of carbonyl (C=O) groups excluding carboxylic acids is 3. The lowest BCUT2D eigenvalue weighted by molar-refractivity contribution is -0.384. The van der Waals surface area contributed by atoms with Gasteiger partial charge in [0.2, 0.25) is 11.8 Å². The molecule has 0 saturated carbocycles. The van der Waals surface area contributed by atoms with Crippen molar-refractivity contribution in [2.75, 3.05) is 18.4 Å². The number of carbonyl (C=O) groups is 3. The standard InChI is InChI=1S/C26H36N10O6/c27-20(8-4-14-32-24(28)29)23(38)35(26(39)42-16-17-6-2-1-3-7-17)21(9-5-15-33-25(30)31)22(37)34-18-10-12-19(13-11-18)36(40)41/h1-3,6-7,10-13,20-21H,4-5,8-9,14-16,27H2,(H,34,37)(H4,28,29,32)(H4,30,31,33)/t20-,21-/m0/s1. The zero-order valence-electron chi connectivity index (χ0n) is 22.9. The van der Waals surface area contributed by atoms with Gasteiger partial charge in [-0.2, -0.15) is 0 Å². The lowest BCUT2D eigenvalue weighted by atomic mass is 10.1. The predicted octanol–water partition coefficient (Wildman–Crippen LogP) is 0.502. The van der Waals surface area contributed by atoms with Gasteiger partial charge in [0, 0.05) is 30.9 Å². The lowest BCUT2D eigenvalue weighted by Crippen LogP contribution is -2.55. The summed E-state index contributed by atoms with van der Waals surface area (Å²) in [7, 11) is 0. The van der Waals surface area contributed by atoms with E-state index < -0.39 is 34.9 Å². The highest BCUT2D eigenvalue weighted by atomic mass is 16.6. The summed E-state index contributed by atoms with van der Waals surface area (Å²) < 4.78 is 5.42. The molecule has 42 heavy (non-hydrogen) atoms. The zero-order valence-corrected chi connectivity index (χ0v) is 22.9. The Morgan fingerprint density at radius 3 is 2.02 bits per heavy atom. The number of nitro groups is 1. The van der Waals surface area contributed by atoms with Gasteiger partial charge >= 0.3 is 6.09 Å². The number of ether oxygens (including phenoxy) is 1. The van der Waals surface area contributed by atoms with Crippen LogP contribution in [-0.4, -0.2) is 64.8 Å². The summed E-state index contributed by atoms with van der Waals surface area (Å²) >= 11 is 0. The van der Waals surface area contributed by atoms with Crippen molar-refractivity contribution < 1.29 is 24.0 Å². The molecule has 0 aromatic heterocycles. The molecule has 0 bridgehead atoms. The minimum Gasteiger partial charge on any atom is -0.444 e. The molecule has 2 rings (SSSR count). The first-order chi connectivity index (χ1) is 20.0. The highest BCUT2D eigenvalue weighted by molar-refractivity contribution is 6.03. The van der Waals surface area contributed by atoms with Crippen LogP contribution in [0.3, 0.4) is 0 Å². The molecule has 0 aliphatic carbocycles. The third-order valence-corrected chi connectivity index (χ3v) is 5.81. The quantitative estimate of drug-likeness (QED) is 0.0551. The first-order valence-electron chi connectivity index (χ1n) is 12.9. The van der Waals surface area contributed by atoms with Crippen LogP contribution in [0, 0.1) is 10.1 Å². The molecule has 0 unspecified atom stereocenters. The second kappa shape index (κ2) is 16.8. The van der Waals surface area contributed by atoms with Gasteiger partial charge in [-0.25, -0.2) is 9.69 Å². The normalized spacial score (nSPS) is 11.8. The van der Waals surface area contributed by atoms with Crippen molar-refractivity contribution in [2.45, 2.75) is 44.4 Å². The smallest absolute Gasteiger partial charge is 0.417 e. The van der Waals surface area contributed by atoms with E-state index in [0.717, 1.165) is 0 Å². The summed E-state index contributed by atoms with van der Waals surface area (Å²) in [4.78, 5) is 59.3. The number of nitrogens with two attached hydrogens (primary N) is 5. The van der Waals surface area contributed by atoms with Gasteiger partial charge in [-0.15, -0.1) is 0 Å². The summed E-state index contributed by atoms with van der Waals surface area (Å²) in [6, 6.07) is 11.2. The maximum atomic E-state index is 13.6. The number of benzene rings is 2. The first kappa shape index (κ1) is 33.0. The van der Waals surface area contributed by atoms with E-state index in [2.05, 4.69) is 15.3 Å². The van der Waals surface area contributed by atoms with E-state index in [-0.39, 0.29) is 62.3 Å². The van der Waals surface area contributed by atoms with Gasteiger partial charge in [0.1, 0.15) is 12.6 Å². The second-order valence-corrected chi connectivity index (χ2v) is 9.06. The summed E-state index contributed by atoms with van der Waals surface area (Å²) in [5.74, 6) is -1.90. The Bertz CT molecular complexity index is 1260. The fourth-order valence-electron chi connectivity index (χ4n) is 3.74. The molecule has 0 heterocycles. The molecule has 3 amide bonds. The Labute approximate surface area is 242 Å². The highest BCUT2D eigenvalue weighted by Gasteiger charge is 2.38. The van der Waals surface area contributed by atoms with Crippen LogP contribution in [-0.2, 0) is 20.9 Å². The van der Waals surface area contributed by atoms with Gasteiger partial charge in [-0.05, 0) is 43.4 Å². The van der Waals surface area contributed by atoms with Gasteiger partial charge in [-0.3, -0.25) is 29.7 Å². The molecule has 11 N–H and O–H groups in total. The van der Waals surface area contributed by atoms with Crippen molar-refractivity contribution in [1.82, 2.24) is 4.90 Å². The number of hydrogen-bond donors (Lipinski definition) is 6. The molecule has 16 heteroatoms. The maximum absolute atomic E-state index is 13.6. The molecule has 226 valence electrons. The number of imide groups is 1. The number of non-ortho nitro benzene ring substituents is 1. The van der Waals surface area contributed by atoms with Crippen LogP contribution in [0.15, 0.2) is 64.6 Å². The maximum Gasteiger partial charge on any atom is 0.417 e. The first-order valence-corrected chi connectivity index (χ1v) is 12.9. The topological polar surface area (TPSA) is 274 Å². The molecule has 2 atom stereocenters. The number of rotatable bonds is 15. The molecule has 0 spiro atoms. The van der Waals surface area contributed by atoms with Crippen LogP contribution in [0.4, 0.5) is 16.2 Å². The number of hydrogen-bond acceptors (Lipinski definition) is 9. The van der Waals surface area contributed by atoms with E-state index in [9.17, 15) is 24.5 Å². The Balaban J connectivity index is 2.36. The molecule has 0 aliphatic heterocycles. The Kier molecular flexibility index (Phi) is 13.2. The van der Waals surface area contributed by atoms with Crippen molar-refractivity contribution in [3.05, 3.63) is 70.3 Å². The molecule has 2 aromatic rings. The van der Waals surface area contributed by atoms with E-state index in [4.69, 9.17) is 33.4 Å². The summed E-state index contributed by atoms with van der Waals surface area (Å²) in [6.07, 6.45) is -0.520. The lowest BCUT2D eigenvalue weighted by Gasteiger charge is -2.30. The summed E-state index contributed by atoms with van der Waals surface area (Å²) in [5.41, 5.74) is 28.3. The van der Waals surface area contributed by atoms with Crippen molar-refractivity contribution in [3.63, 3.8) is 0 Å². The average Bonchev–Trinajstić information content (AvgIpc) is 2.95. The molecule has 2 aromatic carbocycles. The van der Waals surface area contributed by atoms with Crippen molar-refractivity contribution in [2.24, 2.45) is 38.7 Å². The van der Waals surface area contributed by atoms with Gasteiger partial charge in [0.05, 0.1) is 11.0 Å². The van der Waals surface area contributed by atoms with Crippen LogP contribution in [0.1, 0.15) is 31.2 Å². The number of nitro benzene ring substituents is 1. The molecular formula is C26H36N10O6. The Morgan fingerprint density at radius 2 is 1.48 bits per heavy atom. The number of nitrogens with zero attached hydrogens (tertiary/aromatic N) is 4. The Hall–Kier alpha value is -5.25. The molecule has 0 saturated heterocycles. The summed E-state index contributed by atoms with van der Waals surface area (Å²) in [6.45, 7) is 0.132. The van der Waals surface area contributed by atoms with E-state index in [0.29, 0.717) is 16.9 Å². The molecule has 0 radical (unpaired) electrons. The van der Waals surface area contributed by atoms with Gasteiger partial charge in [0.25, 0.3) is 5.69 Å².